The van der Waals surface area contributed by atoms with Crippen molar-refractivity contribution in [3.63, 3.8) is 0 Å². The minimum Gasteiger partial charge on any atom is -0.462 e. The Labute approximate surface area is 292 Å². The molecule has 0 aliphatic rings. The van der Waals surface area contributed by atoms with Crippen LogP contribution in [0.1, 0.15) is 226 Å². The van der Waals surface area contributed by atoms with Crippen molar-refractivity contribution in [2.24, 2.45) is 0 Å². The number of unbranched alkanes of at least 4 members (excludes halogenated alkanes) is 28. The van der Waals surface area contributed by atoms with Gasteiger partial charge in [-0.25, -0.2) is 0 Å². The molecule has 1 N–H and O–H groups in total. The van der Waals surface area contributed by atoms with Crippen LogP contribution in [0.4, 0.5) is 0 Å². The third-order valence-corrected chi connectivity index (χ3v) is 9.31. The smallest absolute Gasteiger partial charge is 0.306 e. The molecule has 0 fully saturated rings. The zero-order valence-corrected chi connectivity index (χ0v) is 31.6. The Kier molecular flexibility index (Phi) is 38.0. The lowest BCUT2D eigenvalue weighted by atomic mass is 10.0. The van der Waals surface area contributed by atoms with E-state index in [4.69, 9.17) is 9.47 Å². The Morgan fingerprint density at radius 1 is 0.468 bits per heavy atom. The van der Waals surface area contributed by atoms with Crippen LogP contribution in [0.25, 0.3) is 0 Å². The molecule has 5 heteroatoms. The summed E-state index contributed by atoms with van der Waals surface area (Å²) in [4.78, 5) is 24.3. The number of carbonyl (C=O) groups is 2. The van der Waals surface area contributed by atoms with E-state index in [-0.39, 0.29) is 25.2 Å². The maximum Gasteiger partial charge on any atom is 0.306 e. The standard InChI is InChI=1S/C42H80O5/c1-3-5-7-9-11-13-15-17-19-20-21-23-25-27-29-31-33-35-37-42(45)47-40(38-43)39-46-41(44)36-34-32-30-28-26-24-22-18-16-14-12-10-8-6-4-2/h18,22,40,43H,3-17,19-21,23-39H2,1-2H3/b22-18-/t40-/m0/s1. The molecule has 0 aliphatic carbocycles. The van der Waals surface area contributed by atoms with Gasteiger partial charge < -0.3 is 14.6 Å². The zero-order valence-electron chi connectivity index (χ0n) is 31.6. The summed E-state index contributed by atoms with van der Waals surface area (Å²) < 4.78 is 10.6. The van der Waals surface area contributed by atoms with Crippen molar-refractivity contribution in [2.75, 3.05) is 13.2 Å². The van der Waals surface area contributed by atoms with Crippen molar-refractivity contribution in [1.29, 1.82) is 0 Å². The summed E-state index contributed by atoms with van der Waals surface area (Å²) in [5.41, 5.74) is 0. The molecule has 5 nitrogen and oxygen atoms in total. The predicted octanol–water partition coefficient (Wildman–Crippen LogP) is 12.9. The Bertz CT molecular complexity index is 676. The van der Waals surface area contributed by atoms with Crippen molar-refractivity contribution in [2.45, 2.75) is 232 Å². The molecule has 0 unspecified atom stereocenters. The Morgan fingerprint density at radius 3 is 1.15 bits per heavy atom. The van der Waals surface area contributed by atoms with Gasteiger partial charge in [0.25, 0.3) is 0 Å². The summed E-state index contributed by atoms with van der Waals surface area (Å²) in [5.74, 6) is -0.588. The average molecular weight is 665 g/mol. The summed E-state index contributed by atoms with van der Waals surface area (Å²) in [7, 11) is 0. The quantitative estimate of drug-likeness (QED) is 0.0404. The molecule has 0 aromatic heterocycles. The van der Waals surface area contributed by atoms with Crippen molar-refractivity contribution in [1.82, 2.24) is 0 Å². The van der Waals surface area contributed by atoms with Crippen molar-refractivity contribution in [3.05, 3.63) is 12.2 Å². The molecule has 0 amide bonds. The first-order chi connectivity index (χ1) is 23.1. The second-order valence-corrected chi connectivity index (χ2v) is 14.1. The molecule has 0 saturated carbocycles. The Hall–Kier alpha value is -1.36. The molecule has 0 aromatic carbocycles. The van der Waals surface area contributed by atoms with Gasteiger partial charge in [-0.3, -0.25) is 9.59 Å². The van der Waals surface area contributed by atoms with Gasteiger partial charge in [0.1, 0.15) is 6.61 Å². The highest BCUT2D eigenvalue weighted by atomic mass is 16.6. The molecule has 0 spiro atoms. The number of rotatable bonds is 38. The van der Waals surface area contributed by atoms with E-state index in [9.17, 15) is 14.7 Å². The summed E-state index contributed by atoms with van der Waals surface area (Å²) in [6.45, 7) is 4.15. The molecule has 0 bridgehead atoms. The van der Waals surface area contributed by atoms with Crippen LogP contribution in [-0.2, 0) is 19.1 Å². The fraction of sp³-hybridized carbons (Fsp3) is 0.905. The summed E-state index contributed by atoms with van der Waals surface area (Å²) in [5, 5.41) is 9.56. The van der Waals surface area contributed by atoms with Gasteiger partial charge >= 0.3 is 11.9 Å². The maximum atomic E-state index is 12.2. The van der Waals surface area contributed by atoms with Crippen LogP contribution in [-0.4, -0.2) is 36.4 Å². The first-order valence-electron chi connectivity index (χ1n) is 20.7. The van der Waals surface area contributed by atoms with Gasteiger partial charge in [0.2, 0.25) is 0 Å². The van der Waals surface area contributed by atoms with Gasteiger partial charge in [-0.2, -0.15) is 0 Å². The van der Waals surface area contributed by atoms with Gasteiger partial charge in [0.05, 0.1) is 6.61 Å². The molecule has 0 rings (SSSR count). The molecular weight excluding hydrogens is 584 g/mol. The summed E-state index contributed by atoms with van der Waals surface area (Å²) in [6.07, 6.45) is 44.2. The first kappa shape index (κ1) is 45.6. The van der Waals surface area contributed by atoms with E-state index >= 15 is 0 Å². The SMILES string of the molecule is CCCCCCCC/C=C\CCCCCCCC(=O)OC[C@H](CO)OC(=O)CCCCCCCCCCCCCCCCCCCC. The number of aliphatic hydroxyl groups is 1. The van der Waals surface area contributed by atoms with Crippen molar-refractivity contribution in [3.8, 4) is 0 Å². The van der Waals surface area contributed by atoms with Gasteiger partial charge in [-0.1, -0.05) is 187 Å². The first-order valence-corrected chi connectivity index (χ1v) is 20.7. The van der Waals surface area contributed by atoms with Crippen molar-refractivity contribution < 1.29 is 24.2 Å². The lowest BCUT2D eigenvalue weighted by molar-refractivity contribution is -0.161. The van der Waals surface area contributed by atoms with Crippen LogP contribution in [0.3, 0.4) is 0 Å². The Morgan fingerprint density at radius 2 is 0.787 bits per heavy atom. The average Bonchev–Trinajstić information content (AvgIpc) is 3.07. The number of ether oxygens (including phenoxy) is 2. The molecular formula is C42H80O5. The van der Waals surface area contributed by atoms with E-state index < -0.39 is 6.10 Å². The maximum absolute atomic E-state index is 12.2. The fourth-order valence-corrected chi connectivity index (χ4v) is 6.14. The second kappa shape index (κ2) is 39.1. The van der Waals surface area contributed by atoms with E-state index in [1.54, 1.807) is 0 Å². The molecule has 1 atom stereocenters. The second-order valence-electron chi connectivity index (χ2n) is 14.1. The predicted molar refractivity (Wildman–Crippen MR) is 201 cm³/mol. The molecule has 0 saturated heterocycles. The van der Waals surface area contributed by atoms with E-state index in [0.29, 0.717) is 12.8 Å². The van der Waals surface area contributed by atoms with Crippen LogP contribution in [0, 0.1) is 0 Å². The molecule has 47 heavy (non-hydrogen) atoms. The number of esters is 2. The molecule has 0 heterocycles. The number of hydrogen-bond donors (Lipinski definition) is 1. The number of hydrogen-bond acceptors (Lipinski definition) is 5. The van der Waals surface area contributed by atoms with E-state index in [2.05, 4.69) is 26.0 Å². The number of aliphatic hydroxyl groups excluding tert-OH is 1. The summed E-state index contributed by atoms with van der Waals surface area (Å²) >= 11 is 0. The number of carbonyl (C=O) groups excluding carboxylic acids is 2. The van der Waals surface area contributed by atoms with Crippen LogP contribution in [0.5, 0.6) is 0 Å². The van der Waals surface area contributed by atoms with Gasteiger partial charge in [-0.05, 0) is 38.5 Å². The fourth-order valence-electron chi connectivity index (χ4n) is 6.14. The zero-order chi connectivity index (χ0) is 34.3. The monoisotopic (exact) mass is 665 g/mol. The van der Waals surface area contributed by atoms with Crippen LogP contribution in [0.15, 0.2) is 12.2 Å². The largest absolute Gasteiger partial charge is 0.462 e. The third kappa shape index (κ3) is 37.3. The van der Waals surface area contributed by atoms with Gasteiger partial charge in [0, 0.05) is 12.8 Å². The minimum absolute atomic E-state index is 0.0642. The molecule has 0 aromatic rings. The van der Waals surface area contributed by atoms with Gasteiger partial charge in [-0.15, -0.1) is 0 Å². The number of allylic oxidation sites excluding steroid dienone is 2. The molecule has 0 aliphatic heterocycles. The van der Waals surface area contributed by atoms with Crippen molar-refractivity contribution >= 4 is 11.9 Å². The Balaban J connectivity index is 3.51. The minimum atomic E-state index is -0.767. The highest BCUT2D eigenvalue weighted by Crippen LogP contribution is 2.15. The molecule has 278 valence electrons. The summed E-state index contributed by atoms with van der Waals surface area (Å²) in [6, 6.07) is 0. The van der Waals surface area contributed by atoms with Crippen LogP contribution in [0.2, 0.25) is 0 Å². The highest BCUT2D eigenvalue weighted by Gasteiger charge is 2.16. The highest BCUT2D eigenvalue weighted by molar-refractivity contribution is 5.70. The van der Waals surface area contributed by atoms with E-state index in [1.807, 2.05) is 0 Å². The topological polar surface area (TPSA) is 72.8 Å². The van der Waals surface area contributed by atoms with E-state index in [1.165, 1.54) is 154 Å². The lowest BCUT2D eigenvalue weighted by Crippen LogP contribution is -2.28. The van der Waals surface area contributed by atoms with Crippen LogP contribution >= 0.6 is 0 Å². The lowest BCUT2D eigenvalue weighted by Gasteiger charge is -2.15. The van der Waals surface area contributed by atoms with Crippen LogP contribution < -0.4 is 0 Å². The normalized spacial score (nSPS) is 12.1. The van der Waals surface area contributed by atoms with Gasteiger partial charge in [0.15, 0.2) is 6.10 Å². The van der Waals surface area contributed by atoms with E-state index in [0.717, 1.165) is 44.9 Å². The molecule has 0 radical (unpaired) electrons. The third-order valence-electron chi connectivity index (χ3n) is 9.31.